The smallest absolute Gasteiger partial charge is 0.194 e. The maximum atomic E-state index is 11.1. The highest BCUT2D eigenvalue weighted by molar-refractivity contribution is 9.10. The van der Waals surface area contributed by atoms with Crippen LogP contribution < -0.4 is 0 Å². The summed E-state index contributed by atoms with van der Waals surface area (Å²) < 4.78 is 2.95. The van der Waals surface area contributed by atoms with Crippen LogP contribution in [0.3, 0.4) is 0 Å². The molecule has 2 aromatic heterocycles. The van der Waals surface area contributed by atoms with Crippen molar-refractivity contribution >= 4 is 38.5 Å². The van der Waals surface area contributed by atoms with Gasteiger partial charge in [0.2, 0.25) is 0 Å². The van der Waals surface area contributed by atoms with E-state index in [2.05, 4.69) is 20.9 Å². The number of rotatable bonds is 2. The summed E-state index contributed by atoms with van der Waals surface area (Å²) in [5.74, 6) is 0. The largest absolute Gasteiger partial charge is 0.296 e. The number of carbonyl (C=O) groups is 1. The number of imidazole rings is 1. The number of carbonyl (C=O) groups excluding carboxylic acids is 1. The van der Waals surface area contributed by atoms with E-state index < -0.39 is 0 Å². The Bertz CT molecular complexity index is 727. The van der Waals surface area contributed by atoms with Gasteiger partial charge in [0.1, 0.15) is 5.69 Å². The van der Waals surface area contributed by atoms with Gasteiger partial charge < -0.3 is 0 Å². The predicted molar refractivity (Wildman–Crippen MR) is 76.3 cm³/mol. The van der Waals surface area contributed by atoms with Crippen molar-refractivity contribution in [3.63, 3.8) is 0 Å². The van der Waals surface area contributed by atoms with E-state index in [1.807, 2.05) is 35.6 Å². The summed E-state index contributed by atoms with van der Waals surface area (Å²) in [6.07, 6.45) is 2.45. The van der Waals surface area contributed by atoms with E-state index in [0.717, 1.165) is 31.9 Å². The fourth-order valence-electron chi connectivity index (χ4n) is 2.01. The van der Waals surface area contributed by atoms with Crippen LogP contribution in [-0.2, 0) is 0 Å². The Kier molecular flexibility index (Phi) is 2.80. The lowest BCUT2D eigenvalue weighted by Gasteiger charge is -2.03. The number of thiazole rings is 1. The molecule has 3 rings (SSSR count). The normalized spacial score (nSPS) is 11.0. The molecule has 0 spiro atoms. The molecule has 0 aliphatic rings. The van der Waals surface area contributed by atoms with Gasteiger partial charge in [0, 0.05) is 9.35 Å². The van der Waals surface area contributed by atoms with Gasteiger partial charge in [0.25, 0.3) is 0 Å². The van der Waals surface area contributed by atoms with Gasteiger partial charge >= 0.3 is 0 Å². The Balaban J connectivity index is 2.33. The number of aromatic nitrogens is 2. The molecule has 90 valence electrons. The highest BCUT2D eigenvalue weighted by atomic mass is 79.9. The number of nitrogens with zero attached hydrogens (tertiary/aromatic N) is 2. The molecule has 0 amide bonds. The van der Waals surface area contributed by atoms with Crippen LogP contribution in [0.1, 0.15) is 15.4 Å². The third kappa shape index (κ3) is 1.71. The van der Waals surface area contributed by atoms with Gasteiger partial charge in [-0.05, 0) is 24.6 Å². The van der Waals surface area contributed by atoms with Crippen LogP contribution in [0.4, 0.5) is 0 Å². The summed E-state index contributed by atoms with van der Waals surface area (Å²) in [5, 5.41) is 0. The molecule has 2 heterocycles. The van der Waals surface area contributed by atoms with E-state index in [-0.39, 0.29) is 0 Å². The van der Waals surface area contributed by atoms with Crippen LogP contribution in [0.25, 0.3) is 16.2 Å². The highest BCUT2D eigenvalue weighted by Gasteiger charge is 2.14. The third-order valence-electron chi connectivity index (χ3n) is 2.80. The number of hydrogen-bond acceptors (Lipinski definition) is 3. The van der Waals surface area contributed by atoms with Crippen molar-refractivity contribution in [2.75, 3.05) is 0 Å². The van der Waals surface area contributed by atoms with Crippen molar-refractivity contribution in [3.05, 3.63) is 45.5 Å². The summed E-state index contributed by atoms with van der Waals surface area (Å²) >= 11 is 5.02. The molecule has 0 N–H and O–H groups in total. The quantitative estimate of drug-likeness (QED) is 0.670. The number of halogens is 1. The summed E-state index contributed by atoms with van der Waals surface area (Å²) in [5.41, 5.74) is 2.72. The van der Waals surface area contributed by atoms with Crippen molar-refractivity contribution < 1.29 is 4.79 Å². The Morgan fingerprint density at radius 1 is 1.33 bits per heavy atom. The Morgan fingerprint density at radius 2 is 2.06 bits per heavy atom. The molecule has 0 bridgehead atoms. The first-order chi connectivity index (χ1) is 8.70. The van der Waals surface area contributed by atoms with E-state index in [9.17, 15) is 4.79 Å². The van der Waals surface area contributed by atoms with Crippen LogP contribution in [0, 0.1) is 6.92 Å². The van der Waals surface area contributed by atoms with Crippen molar-refractivity contribution in [2.45, 2.75) is 6.92 Å². The van der Waals surface area contributed by atoms with Crippen LogP contribution in [0.15, 0.2) is 34.9 Å². The second-order valence-corrected chi connectivity index (χ2v) is 6.03. The molecular formula is C13H9BrN2OS. The Labute approximate surface area is 116 Å². The molecule has 0 fully saturated rings. The summed E-state index contributed by atoms with van der Waals surface area (Å²) in [7, 11) is 0. The van der Waals surface area contributed by atoms with Gasteiger partial charge in [-0.2, -0.15) is 0 Å². The first-order valence-electron chi connectivity index (χ1n) is 5.38. The average molecular weight is 321 g/mol. The van der Waals surface area contributed by atoms with Crippen molar-refractivity contribution in [1.29, 1.82) is 0 Å². The van der Waals surface area contributed by atoms with E-state index in [4.69, 9.17) is 0 Å². The fraction of sp³-hybridized carbons (Fsp3) is 0.0769. The average Bonchev–Trinajstić information content (AvgIpc) is 2.88. The second kappa shape index (κ2) is 4.33. The van der Waals surface area contributed by atoms with Crippen molar-refractivity contribution in [3.8, 4) is 11.3 Å². The molecule has 0 aliphatic heterocycles. The minimum Gasteiger partial charge on any atom is -0.296 e. The van der Waals surface area contributed by atoms with Gasteiger partial charge in [0.15, 0.2) is 11.2 Å². The Morgan fingerprint density at radius 3 is 2.72 bits per heavy atom. The maximum absolute atomic E-state index is 11.1. The molecule has 0 saturated heterocycles. The minimum atomic E-state index is 0.590. The first kappa shape index (κ1) is 11.6. The van der Waals surface area contributed by atoms with Crippen LogP contribution >= 0.6 is 27.3 Å². The van der Waals surface area contributed by atoms with E-state index >= 15 is 0 Å². The lowest BCUT2D eigenvalue weighted by atomic mass is 10.1. The third-order valence-corrected chi connectivity index (χ3v) is 4.30. The number of hydrogen-bond donors (Lipinski definition) is 0. The molecule has 0 unspecified atom stereocenters. The van der Waals surface area contributed by atoms with Gasteiger partial charge in [0.05, 0.1) is 11.9 Å². The summed E-state index contributed by atoms with van der Waals surface area (Å²) in [4.78, 5) is 17.3. The monoisotopic (exact) mass is 320 g/mol. The molecule has 18 heavy (non-hydrogen) atoms. The number of benzene rings is 1. The lowest BCUT2D eigenvalue weighted by molar-refractivity contribution is 0.111. The topological polar surface area (TPSA) is 34.4 Å². The lowest BCUT2D eigenvalue weighted by Crippen LogP contribution is -1.92. The number of aldehydes is 1. The number of aryl methyl sites for hydroxylation is 1. The van der Waals surface area contributed by atoms with Crippen molar-refractivity contribution in [1.82, 2.24) is 9.38 Å². The molecule has 3 aromatic rings. The van der Waals surface area contributed by atoms with E-state index in [0.29, 0.717) is 5.69 Å². The molecule has 5 heteroatoms. The van der Waals surface area contributed by atoms with Crippen molar-refractivity contribution in [2.24, 2.45) is 0 Å². The van der Waals surface area contributed by atoms with Gasteiger partial charge in [-0.15, -0.1) is 11.3 Å². The van der Waals surface area contributed by atoms with E-state index in [1.165, 1.54) is 0 Å². The predicted octanol–water partition coefficient (Wildman–Crippen LogP) is 3.95. The van der Waals surface area contributed by atoms with E-state index in [1.54, 1.807) is 17.5 Å². The number of fused-ring (bicyclic) bond motifs is 1. The molecule has 1 aromatic carbocycles. The molecule has 0 atom stereocenters. The zero-order valence-corrected chi connectivity index (χ0v) is 12.0. The molecule has 0 radical (unpaired) electrons. The molecule has 3 nitrogen and oxygen atoms in total. The minimum absolute atomic E-state index is 0.590. The zero-order valence-electron chi connectivity index (χ0n) is 9.55. The van der Waals surface area contributed by atoms with Crippen LogP contribution in [0.5, 0.6) is 0 Å². The summed E-state index contributed by atoms with van der Waals surface area (Å²) in [6.45, 7) is 2.05. The fourth-order valence-corrected chi connectivity index (χ4v) is 3.25. The van der Waals surface area contributed by atoms with Gasteiger partial charge in [-0.3, -0.25) is 9.20 Å². The molecule has 0 aliphatic carbocycles. The van der Waals surface area contributed by atoms with Crippen LogP contribution in [0.2, 0.25) is 0 Å². The van der Waals surface area contributed by atoms with Gasteiger partial charge in [-0.1, -0.05) is 28.1 Å². The molecule has 0 saturated carbocycles. The Hall–Kier alpha value is -1.46. The van der Waals surface area contributed by atoms with Crippen LogP contribution in [-0.4, -0.2) is 15.7 Å². The molecular weight excluding hydrogens is 312 g/mol. The highest BCUT2D eigenvalue weighted by Crippen LogP contribution is 2.32. The summed E-state index contributed by atoms with van der Waals surface area (Å²) in [6, 6.07) is 8.06. The first-order valence-corrected chi connectivity index (χ1v) is 6.99. The maximum Gasteiger partial charge on any atom is 0.194 e. The standard InChI is InChI=1S/C13H9BrN2OS/c1-8-12(9-2-4-10(14)5-3-9)16-11(7-17)6-15-13(16)18-8/h2-7H,1H3. The zero-order chi connectivity index (χ0) is 12.7. The second-order valence-electron chi connectivity index (χ2n) is 3.93. The van der Waals surface area contributed by atoms with Gasteiger partial charge in [-0.25, -0.2) is 4.98 Å². The SMILES string of the molecule is Cc1sc2ncc(C=O)n2c1-c1ccc(Br)cc1.